The fourth-order valence-corrected chi connectivity index (χ4v) is 2.04. The average molecular weight is 282 g/mol. The smallest absolute Gasteiger partial charge is 0.169 e. The molecule has 0 radical (unpaired) electrons. The molecule has 0 heterocycles. The number of nitrogens with two attached hydrogens (primary N) is 1. The second kappa shape index (κ2) is 6.78. The summed E-state index contributed by atoms with van der Waals surface area (Å²) >= 11 is 0. The molecule has 2 N–H and O–H groups in total. The summed E-state index contributed by atoms with van der Waals surface area (Å²) in [6.07, 6.45) is 0.824. The second-order valence-corrected chi connectivity index (χ2v) is 4.63. The highest BCUT2D eigenvalue weighted by atomic mass is 16.5. The highest BCUT2D eigenvalue weighted by Gasteiger charge is 2.13. The number of rotatable bonds is 5. The van der Waals surface area contributed by atoms with E-state index in [4.69, 9.17) is 20.5 Å². The molecular weight excluding hydrogens is 264 g/mol. The summed E-state index contributed by atoms with van der Waals surface area (Å²) in [6.45, 7) is 2.03. The highest BCUT2D eigenvalue weighted by molar-refractivity contribution is 5.49. The Hall–Kier alpha value is -2.51. The summed E-state index contributed by atoms with van der Waals surface area (Å²) in [6, 6.07) is 14.7. The van der Waals surface area contributed by atoms with Crippen LogP contribution in [0.15, 0.2) is 42.5 Å². The monoisotopic (exact) mass is 282 g/mol. The van der Waals surface area contributed by atoms with Crippen molar-refractivity contribution in [3.8, 4) is 23.3 Å². The van der Waals surface area contributed by atoms with Gasteiger partial charge in [0.05, 0.1) is 18.7 Å². The number of para-hydroxylation sites is 1. The molecular formula is C17H18N2O2. The largest absolute Gasteiger partial charge is 0.493 e. The minimum absolute atomic E-state index is 0.0782. The first kappa shape index (κ1) is 14.9. The van der Waals surface area contributed by atoms with Crippen LogP contribution in [-0.4, -0.2) is 7.11 Å². The molecule has 4 nitrogen and oxygen atoms in total. The van der Waals surface area contributed by atoms with Crippen molar-refractivity contribution in [3.05, 3.63) is 53.6 Å². The Morgan fingerprint density at radius 2 is 1.90 bits per heavy atom. The molecule has 0 aliphatic carbocycles. The fraction of sp³-hybridized carbons (Fsp3) is 0.235. The number of hydrogen-bond acceptors (Lipinski definition) is 4. The van der Waals surface area contributed by atoms with Crippen molar-refractivity contribution in [1.82, 2.24) is 0 Å². The molecule has 0 fully saturated rings. The van der Waals surface area contributed by atoms with Crippen LogP contribution in [0.25, 0.3) is 0 Å². The van der Waals surface area contributed by atoms with Crippen molar-refractivity contribution in [2.75, 3.05) is 7.11 Å². The van der Waals surface area contributed by atoms with E-state index >= 15 is 0 Å². The third kappa shape index (κ3) is 3.33. The van der Waals surface area contributed by atoms with Crippen molar-refractivity contribution in [2.24, 2.45) is 5.73 Å². The minimum atomic E-state index is -0.0782. The zero-order chi connectivity index (χ0) is 15.2. The molecule has 0 saturated heterocycles. The van der Waals surface area contributed by atoms with Gasteiger partial charge in [0.1, 0.15) is 5.75 Å². The number of benzene rings is 2. The molecule has 2 aromatic carbocycles. The SMILES string of the molecule is CCC(N)c1ccccc1Oc1ccc(C#N)cc1OC. The summed E-state index contributed by atoms with van der Waals surface area (Å²) in [5.41, 5.74) is 7.59. The molecule has 4 heteroatoms. The van der Waals surface area contributed by atoms with Crippen molar-refractivity contribution < 1.29 is 9.47 Å². The number of ether oxygens (including phenoxy) is 2. The fourth-order valence-electron chi connectivity index (χ4n) is 2.04. The molecule has 0 spiro atoms. The Balaban J connectivity index is 2.37. The predicted molar refractivity (Wildman–Crippen MR) is 81.4 cm³/mol. The van der Waals surface area contributed by atoms with Gasteiger partial charge in [0.25, 0.3) is 0 Å². The Morgan fingerprint density at radius 1 is 1.14 bits per heavy atom. The average Bonchev–Trinajstić information content (AvgIpc) is 2.55. The molecule has 1 atom stereocenters. The van der Waals surface area contributed by atoms with Gasteiger partial charge in [-0.1, -0.05) is 25.1 Å². The Morgan fingerprint density at radius 3 is 2.57 bits per heavy atom. The third-order valence-corrected chi connectivity index (χ3v) is 3.27. The maximum absolute atomic E-state index is 8.92. The van der Waals surface area contributed by atoms with E-state index in [2.05, 4.69) is 6.07 Å². The zero-order valence-corrected chi connectivity index (χ0v) is 12.2. The van der Waals surface area contributed by atoms with Crippen LogP contribution in [0.1, 0.15) is 30.5 Å². The lowest BCUT2D eigenvalue weighted by Gasteiger charge is -2.16. The van der Waals surface area contributed by atoms with Crippen LogP contribution in [0.4, 0.5) is 0 Å². The zero-order valence-electron chi connectivity index (χ0n) is 12.2. The summed E-state index contributed by atoms with van der Waals surface area (Å²) in [5, 5.41) is 8.92. The molecule has 21 heavy (non-hydrogen) atoms. The first-order valence-electron chi connectivity index (χ1n) is 6.80. The van der Waals surface area contributed by atoms with Crippen LogP contribution in [0.2, 0.25) is 0 Å². The molecule has 1 unspecified atom stereocenters. The van der Waals surface area contributed by atoms with Crippen LogP contribution in [0.5, 0.6) is 17.2 Å². The van der Waals surface area contributed by atoms with Gasteiger partial charge >= 0.3 is 0 Å². The molecule has 108 valence electrons. The lowest BCUT2D eigenvalue weighted by atomic mass is 10.0. The summed E-state index contributed by atoms with van der Waals surface area (Å²) in [4.78, 5) is 0. The maximum atomic E-state index is 8.92. The molecule has 2 aromatic rings. The lowest BCUT2D eigenvalue weighted by Crippen LogP contribution is -2.09. The van der Waals surface area contributed by atoms with Crippen molar-refractivity contribution in [3.63, 3.8) is 0 Å². The molecule has 0 bridgehead atoms. The van der Waals surface area contributed by atoms with E-state index in [1.807, 2.05) is 31.2 Å². The van der Waals surface area contributed by atoms with Gasteiger partial charge < -0.3 is 15.2 Å². The van der Waals surface area contributed by atoms with E-state index in [1.54, 1.807) is 25.3 Å². The maximum Gasteiger partial charge on any atom is 0.169 e. The van der Waals surface area contributed by atoms with Crippen LogP contribution >= 0.6 is 0 Å². The molecule has 0 aliphatic rings. The summed E-state index contributed by atoms with van der Waals surface area (Å²) in [5.74, 6) is 1.79. The van der Waals surface area contributed by atoms with E-state index in [1.165, 1.54) is 0 Å². The van der Waals surface area contributed by atoms with Gasteiger partial charge in [0.2, 0.25) is 0 Å². The normalized spacial score (nSPS) is 11.5. The predicted octanol–water partition coefficient (Wildman–Crippen LogP) is 3.77. The Bertz CT molecular complexity index is 662. The van der Waals surface area contributed by atoms with E-state index < -0.39 is 0 Å². The van der Waals surface area contributed by atoms with Gasteiger partial charge in [-0.3, -0.25) is 0 Å². The van der Waals surface area contributed by atoms with Crippen molar-refractivity contribution in [2.45, 2.75) is 19.4 Å². The van der Waals surface area contributed by atoms with Gasteiger partial charge in [-0.05, 0) is 24.6 Å². The van der Waals surface area contributed by atoms with Gasteiger partial charge in [-0.2, -0.15) is 5.26 Å². The van der Waals surface area contributed by atoms with Crippen LogP contribution in [0.3, 0.4) is 0 Å². The quantitative estimate of drug-likeness (QED) is 0.906. The minimum Gasteiger partial charge on any atom is -0.493 e. The van der Waals surface area contributed by atoms with Crippen LogP contribution < -0.4 is 15.2 Å². The van der Waals surface area contributed by atoms with Crippen LogP contribution in [-0.2, 0) is 0 Å². The van der Waals surface area contributed by atoms with Gasteiger partial charge in [0, 0.05) is 17.7 Å². The number of nitriles is 1. The third-order valence-electron chi connectivity index (χ3n) is 3.27. The van der Waals surface area contributed by atoms with E-state index in [9.17, 15) is 0 Å². The number of hydrogen-bond donors (Lipinski definition) is 1. The van der Waals surface area contributed by atoms with E-state index in [-0.39, 0.29) is 6.04 Å². The highest BCUT2D eigenvalue weighted by Crippen LogP contribution is 2.35. The molecule has 2 rings (SSSR count). The summed E-state index contributed by atoms with van der Waals surface area (Å²) < 4.78 is 11.2. The lowest BCUT2D eigenvalue weighted by molar-refractivity contribution is 0.376. The molecule has 0 amide bonds. The number of nitrogens with zero attached hydrogens (tertiary/aromatic N) is 1. The van der Waals surface area contributed by atoms with Gasteiger partial charge in [0.15, 0.2) is 11.5 Å². The number of methoxy groups -OCH3 is 1. The molecule has 0 saturated carbocycles. The first-order valence-corrected chi connectivity index (χ1v) is 6.80. The van der Waals surface area contributed by atoms with E-state index in [0.29, 0.717) is 22.8 Å². The standard InChI is InChI=1S/C17H18N2O2/c1-3-14(19)13-6-4-5-7-15(13)21-16-9-8-12(11-18)10-17(16)20-2/h4-10,14H,3,19H2,1-2H3. The van der Waals surface area contributed by atoms with Crippen LogP contribution in [0, 0.1) is 11.3 Å². The topological polar surface area (TPSA) is 68.3 Å². The van der Waals surface area contributed by atoms with E-state index in [0.717, 1.165) is 12.0 Å². The molecule has 0 aliphatic heterocycles. The van der Waals surface area contributed by atoms with Gasteiger partial charge in [-0.15, -0.1) is 0 Å². The summed E-state index contributed by atoms with van der Waals surface area (Å²) in [7, 11) is 1.55. The first-order chi connectivity index (χ1) is 10.2. The second-order valence-electron chi connectivity index (χ2n) is 4.63. The van der Waals surface area contributed by atoms with Crippen molar-refractivity contribution in [1.29, 1.82) is 5.26 Å². The van der Waals surface area contributed by atoms with Gasteiger partial charge in [-0.25, -0.2) is 0 Å². The Labute approximate surface area is 124 Å². The Kier molecular flexibility index (Phi) is 4.81. The van der Waals surface area contributed by atoms with Crippen molar-refractivity contribution >= 4 is 0 Å². The molecule has 0 aromatic heterocycles.